The second-order valence-electron chi connectivity index (χ2n) is 8.34. The van der Waals surface area contributed by atoms with Gasteiger partial charge in [0.1, 0.15) is 42.7 Å². The van der Waals surface area contributed by atoms with E-state index in [1.807, 2.05) is 24.3 Å². The molecule has 5 nitrogen and oxygen atoms in total. The van der Waals surface area contributed by atoms with Crippen molar-refractivity contribution in [2.75, 3.05) is 13.2 Å². The third kappa shape index (κ3) is 4.23. The van der Waals surface area contributed by atoms with E-state index in [0.717, 1.165) is 29.5 Å². The predicted molar refractivity (Wildman–Crippen MR) is 128 cm³/mol. The number of ether oxygens (including phenoxy) is 3. The maximum absolute atomic E-state index is 13.6. The molecule has 0 unspecified atom stereocenters. The van der Waals surface area contributed by atoms with E-state index in [1.165, 1.54) is 12.1 Å². The largest absolute Gasteiger partial charge is 0.488 e. The van der Waals surface area contributed by atoms with E-state index >= 15 is 0 Å². The summed E-state index contributed by atoms with van der Waals surface area (Å²) in [5, 5.41) is 0.507. The van der Waals surface area contributed by atoms with Gasteiger partial charge >= 0.3 is 0 Å². The van der Waals surface area contributed by atoms with Crippen LogP contribution in [-0.4, -0.2) is 13.2 Å². The van der Waals surface area contributed by atoms with Crippen LogP contribution in [0.25, 0.3) is 22.1 Å². The molecule has 3 aromatic carbocycles. The minimum absolute atomic E-state index is 0.0992. The molecule has 0 fully saturated rings. The monoisotopic (exact) mass is 460 g/mol. The Bertz CT molecular complexity index is 1410. The fraction of sp³-hybridized carbons (Fsp3) is 0.250. The first-order valence-electron chi connectivity index (χ1n) is 11.4. The van der Waals surface area contributed by atoms with Crippen LogP contribution in [0.4, 0.5) is 4.39 Å². The summed E-state index contributed by atoms with van der Waals surface area (Å²) in [6, 6.07) is 15.4. The van der Waals surface area contributed by atoms with E-state index < -0.39 is 0 Å². The SMILES string of the molecule is CCCc1cc2c(=O)c(-c3ccc4c(c3)OCCO4)c(C)oc2cc1OCc1ccc(F)cc1. The fourth-order valence-electron chi connectivity index (χ4n) is 4.25. The molecule has 34 heavy (non-hydrogen) atoms. The molecule has 6 heteroatoms. The highest BCUT2D eigenvalue weighted by atomic mass is 19.1. The normalized spacial score (nSPS) is 12.7. The smallest absolute Gasteiger partial charge is 0.200 e. The van der Waals surface area contributed by atoms with E-state index in [0.29, 0.717) is 59.4 Å². The van der Waals surface area contributed by atoms with Gasteiger partial charge < -0.3 is 18.6 Å². The second-order valence-corrected chi connectivity index (χ2v) is 8.34. The molecule has 0 saturated heterocycles. The fourth-order valence-corrected chi connectivity index (χ4v) is 4.25. The van der Waals surface area contributed by atoms with Crippen molar-refractivity contribution in [3.05, 3.63) is 87.5 Å². The first kappa shape index (κ1) is 22.0. The summed E-state index contributed by atoms with van der Waals surface area (Å²) in [5.74, 6) is 2.19. The third-order valence-electron chi connectivity index (χ3n) is 5.91. The lowest BCUT2D eigenvalue weighted by Crippen LogP contribution is -2.15. The average Bonchev–Trinajstić information content (AvgIpc) is 2.84. The molecular weight excluding hydrogens is 435 g/mol. The zero-order valence-electron chi connectivity index (χ0n) is 19.2. The van der Waals surface area contributed by atoms with Crippen LogP contribution in [0.1, 0.15) is 30.2 Å². The van der Waals surface area contributed by atoms with E-state index in [1.54, 1.807) is 25.1 Å². The van der Waals surface area contributed by atoms with E-state index in [2.05, 4.69) is 6.92 Å². The number of hydrogen-bond acceptors (Lipinski definition) is 5. The average molecular weight is 461 g/mol. The molecule has 1 aliphatic heterocycles. The Balaban J connectivity index is 1.55. The molecule has 0 aliphatic carbocycles. The molecule has 0 saturated carbocycles. The quantitative estimate of drug-likeness (QED) is 0.342. The van der Waals surface area contributed by atoms with Gasteiger partial charge in [-0.3, -0.25) is 4.79 Å². The minimum atomic E-state index is -0.285. The van der Waals surface area contributed by atoms with Crippen molar-refractivity contribution in [3.63, 3.8) is 0 Å². The third-order valence-corrected chi connectivity index (χ3v) is 5.91. The molecule has 4 aromatic rings. The summed E-state index contributed by atoms with van der Waals surface area (Å²) in [6.45, 7) is 5.14. The lowest BCUT2D eigenvalue weighted by molar-refractivity contribution is 0.171. The maximum Gasteiger partial charge on any atom is 0.200 e. The lowest BCUT2D eigenvalue weighted by atomic mass is 9.99. The van der Waals surface area contributed by atoms with Gasteiger partial charge in [-0.25, -0.2) is 4.39 Å². The van der Waals surface area contributed by atoms with Crippen LogP contribution >= 0.6 is 0 Å². The number of halogens is 1. The molecule has 0 atom stereocenters. The molecule has 0 radical (unpaired) electrons. The number of benzene rings is 3. The van der Waals surface area contributed by atoms with Crippen LogP contribution in [0.2, 0.25) is 0 Å². The maximum atomic E-state index is 13.6. The molecule has 5 rings (SSSR count). The van der Waals surface area contributed by atoms with Crippen LogP contribution in [-0.2, 0) is 13.0 Å². The first-order chi connectivity index (χ1) is 16.5. The van der Waals surface area contributed by atoms with Crippen molar-refractivity contribution in [1.29, 1.82) is 0 Å². The molecule has 0 spiro atoms. The van der Waals surface area contributed by atoms with Crippen LogP contribution in [0.3, 0.4) is 0 Å². The minimum Gasteiger partial charge on any atom is -0.488 e. The summed E-state index contributed by atoms with van der Waals surface area (Å²) in [4.78, 5) is 13.6. The van der Waals surface area contributed by atoms with E-state index in [-0.39, 0.29) is 11.2 Å². The van der Waals surface area contributed by atoms with Crippen molar-refractivity contribution >= 4 is 11.0 Å². The Labute approximate surface area is 196 Å². The number of fused-ring (bicyclic) bond motifs is 2. The number of aryl methyl sites for hydroxylation is 2. The Morgan fingerprint density at radius 1 is 0.971 bits per heavy atom. The Morgan fingerprint density at radius 2 is 1.74 bits per heavy atom. The molecule has 0 N–H and O–H groups in total. The van der Waals surface area contributed by atoms with Gasteiger partial charge in [-0.1, -0.05) is 31.5 Å². The first-order valence-corrected chi connectivity index (χ1v) is 11.4. The number of hydrogen-bond donors (Lipinski definition) is 0. The molecule has 174 valence electrons. The van der Waals surface area contributed by atoms with Crippen LogP contribution < -0.4 is 19.6 Å². The standard InChI is InChI=1S/C28H25FO5/c1-3-4-19-13-22-25(15-24(19)33-16-18-5-8-21(29)9-6-18)34-17(2)27(28(22)30)20-7-10-23-26(14-20)32-12-11-31-23/h5-10,13-15H,3-4,11-12,16H2,1-2H3. The Hall–Kier alpha value is -3.80. The molecule has 1 aliphatic rings. The van der Waals surface area contributed by atoms with Crippen molar-refractivity contribution in [3.8, 4) is 28.4 Å². The Morgan fingerprint density at radius 3 is 2.50 bits per heavy atom. The summed E-state index contributed by atoms with van der Waals surface area (Å²) >= 11 is 0. The Kier molecular flexibility index (Phi) is 5.97. The van der Waals surface area contributed by atoms with Crippen molar-refractivity contribution < 1.29 is 23.0 Å². The molecular formula is C28H25FO5. The summed E-state index contributed by atoms with van der Waals surface area (Å²) < 4.78 is 36.7. The van der Waals surface area contributed by atoms with Gasteiger partial charge in [0.25, 0.3) is 0 Å². The number of rotatable bonds is 6. The van der Waals surface area contributed by atoms with Gasteiger partial charge in [0.2, 0.25) is 5.43 Å². The molecule has 1 aromatic heterocycles. The highest BCUT2D eigenvalue weighted by molar-refractivity contribution is 5.85. The van der Waals surface area contributed by atoms with Gasteiger partial charge in [-0.15, -0.1) is 0 Å². The van der Waals surface area contributed by atoms with Crippen molar-refractivity contribution in [2.45, 2.75) is 33.3 Å². The van der Waals surface area contributed by atoms with Crippen molar-refractivity contribution in [2.24, 2.45) is 0 Å². The van der Waals surface area contributed by atoms with Crippen LogP contribution in [0.15, 0.2) is 63.8 Å². The molecule has 0 amide bonds. The predicted octanol–water partition coefficient (Wildman–Crippen LogP) is 6.21. The zero-order valence-corrected chi connectivity index (χ0v) is 19.2. The zero-order chi connectivity index (χ0) is 23.7. The van der Waals surface area contributed by atoms with E-state index in [4.69, 9.17) is 18.6 Å². The van der Waals surface area contributed by atoms with Gasteiger partial charge in [0.05, 0.1) is 10.9 Å². The summed E-state index contributed by atoms with van der Waals surface area (Å²) in [5.41, 5.74) is 3.39. The topological polar surface area (TPSA) is 57.9 Å². The second kappa shape index (κ2) is 9.21. The highest BCUT2D eigenvalue weighted by Crippen LogP contribution is 2.36. The van der Waals surface area contributed by atoms with Gasteiger partial charge in [0, 0.05) is 6.07 Å². The van der Waals surface area contributed by atoms with Gasteiger partial charge in [0.15, 0.2) is 11.5 Å². The molecule has 0 bridgehead atoms. The highest BCUT2D eigenvalue weighted by Gasteiger charge is 2.19. The lowest BCUT2D eigenvalue weighted by Gasteiger charge is -2.19. The van der Waals surface area contributed by atoms with Crippen LogP contribution in [0, 0.1) is 12.7 Å². The summed E-state index contributed by atoms with van der Waals surface area (Å²) in [7, 11) is 0. The van der Waals surface area contributed by atoms with E-state index in [9.17, 15) is 9.18 Å². The van der Waals surface area contributed by atoms with Gasteiger partial charge in [-0.05, 0) is 60.4 Å². The molecule has 2 heterocycles. The summed E-state index contributed by atoms with van der Waals surface area (Å²) in [6.07, 6.45) is 1.64. The van der Waals surface area contributed by atoms with Crippen LogP contribution in [0.5, 0.6) is 17.2 Å². The van der Waals surface area contributed by atoms with Gasteiger partial charge in [-0.2, -0.15) is 0 Å². The van der Waals surface area contributed by atoms with Crippen molar-refractivity contribution in [1.82, 2.24) is 0 Å².